The monoisotopic (exact) mass is 394 g/mol. The molecule has 0 aliphatic rings. The Hall–Kier alpha value is -2.81. The summed E-state index contributed by atoms with van der Waals surface area (Å²) >= 11 is 0. The minimum Gasteiger partial charge on any atom is -0.451 e. The van der Waals surface area contributed by atoms with Crippen LogP contribution in [0.4, 0.5) is 8.78 Å². The molecule has 0 spiro atoms. The van der Waals surface area contributed by atoms with Crippen molar-refractivity contribution < 1.29 is 26.7 Å². The predicted molar refractivity (Wildman–Crippen MR) is 94.4 cm³/mol. The largest absolute Gasteiger partial charge is 0.451 e. The van der Waals surface area contributed by atoms with Gasteiger partial charge in [-0.15, -0.1) is 0 Å². The SMILES string of the molecule is C[C@H](OC(=O)c1ccc(S(C)(=O)=O)cc1)c1nc2ccccc2n1C(F)F. The van der Waals surface area contributed by atoms with Crippen LogP contribution < -0.4 is 0 Å². The second-order valence-electron chi connectivity index (χ2n) is 5.95. The Morgan fingerprint density at radius 3 is 2.33 bits per heavy atom. The Balaban J connectivity index is 1.87. The van der Waals surface area contributed by atoms with Crippen molar-refractivity contribution in [2.75, 3.05) is 6.26 Å². The molecule has 1 atom stereocenters. The van der Waals surface area contributed by atoms with Crippen LogP contribution in [0.15, 0.2) is 53.4 Å². The number of nitrogens with zero attached hydrogens (tertiary/aromatic N) is 2. The van der Waals surface area contributed by atoms with Crippen molar-refractivity contribution in [2.45, 2.75) is 24.5 Å². The number of fused-ring (bicyclic) bond motifs is 1. The van der Waals surface area contributed by atoms with Crippen LogP contribution in [0.1, 0.15) is 35.8 Å². The molecule has 2 aromatic carbocycles. The van der Waals surface area contributed by atoms with E-state index < -0.39 is 28.5 Å². The van der Waals surface area contributed by atoms with E-state index in [0.717, 1.165) is 10.8 Å². The number of ether oxygens (including phenoxy) is 1. The van der Waals surface area contributed by atoms with Crippen molar-refractivity contribution in [3.8, 4) is 0 Å². The van der Waals surface area contributed by atoms with Gasteiger partial charge in [0.1, 0.15) is 0 Å². The number of hydrogen-bond acceptors (Lipinski definition) is 5. The third-order valence-electron chi connectivity index (χ3n) is 3.98. The lowest BCUT2D eigenvalue weighted by atomic mass is 10.2. The van der Waals surface area contributed by atoms with Gasteiger partial charge in [-0.1, -0.05) is 12.1 Å². The van der Waals surface area contributed by atoms with Crippen molar-refractivity contribution in [2.24, 2.45) is 0 Å². The third kappa shape index (κ3) is 3.82. The van der Waals surface area contributed by atoms with Gasteiger partial charge >= 0.3 is 12.5 Å². The molecule has 1 heterocycles. The maximum Gasteiger partial charge on any atom is 0.338 e. The molecule has 142 valence electrons. The summed E-state index contributed by atoms with van der Waals surface area (Å²) in [7, 11) is -3.39. The topological polar surface area (TPSA) is 78.3 Å². The molecule has 9 heteroatoms. The molecule has 0 amide bonds. The van der Waals surface area contributed by atoms with Crippen LogP contribution in [0.25, 0.3) is 11.0 Å². The van der Waals surface area contributed by atoms with E-state index in [4.69, 9.17) is 4.74 Å². The smallest absolute Gasteiger partial charge is 0.338 e. The lowest BCUT2D eigenvalue weighted by Gasteiger charge is -2.15. The van der Waals surface area contributed by atoms with Crippen molar-refractivity contribution in [3.63, 3.8) is 0 Å². The summed E-state index contributed by atoms with van der Waals surface area (Å²) < 4.78 is 55.9. The fourth-order valence-electron chi connectivity index (χ4n) is 2.67. The Morgan fingerprint density at radius 1 is 1.11 bits per heavy atom. The molecule has 0 aliphatic carbocycles. The first-order valence-electron chi connectivity index (χ1n) is 7.94. The lowest BCUT2D eigenvalue weighted by Crippen LogP contribution is -2.14. The molecule has 0 unspecified atom stereocenters. The summed E-state index contributed by atoms with van der Waals surface area (Å²) in [4.78, 5) is 16.5. The zero-order chi connectivity index (χ0) is 19.8. The standard InChI is InChI=1S/C18H16F2N2O4S/c1-11(16-21-14-5-3-4-6-15(14)22(16)18(19)20)26-17(23)12-7-9-13(10-8-12)27(2,24)25/h3-11,18H,1-2H3/t11-/m0/s1. The van der Waals surface area contributed by atoms with Gasteiger partial charge in [-0.05, 0) is 43.3 Å². The predicted octanol–water partition coefficient (Wildman–Crippen LogP) is 3.75. The molecular weight excluding hydrogens is 378 g/mol. The van der Waals surface area contributed by atoms with Crippen molar-refractivity contribution in [1.82, 2.24) is 9.55 Å². The molecule has 0 fully saturated rings. The van der Waals surface area contributed by atoms with E-state index in [1.807, 2.05) is 0 Å². The number of halogens is 2. The number of hydrogen-bond donors (Lipinski definition) is 0. The molecule has 0 bridgehead atoms. The maximum absolute atomic E-state index is 13.5. The van der Waals surface area contributed by atoms with Crippen molar-refractivity contribution >= 4 is 26.8 Å². The maximum atomic E-state index is 13.5. The number of alkyl halides is 2. The summed E-state index contributed by atoms with van der Waals surface area (Å²) in [5, 5.41) is 0. The number of esters is 1. The number of benzene rings is 2. The van der Waals surface area contributed by atoms with Gasteiger partial charge in [0.25, 0.3) is 0 Å². The van der Waals surface area contributed by atoms with Crippen LogP contribution in [0.2, 0.25) is 0 Å². The van der Waals surface area contributed by atoms with Crippen LogP contribution in [0.5, 0.6) is 0 Å². The first kappa shape index (κ1) is 19.0. The Bertz CT molecular complexity index is 1090. The van der Waals surface area contributed by atoms with E-state index in [9.17, 15) is 22.0 Å². The normalized spacial score (nSPS) is 13.1. The molecule has 0 saturated heterocycles. The van der Waals surface area contributed by atoms with Crippen LogP contribution in [-0.4, -0.2) is 30.2 Å². The fourth-order valence-corrected chi connectivity index (χ4v) is 3.30. The quantitative estimate of drug-likeness (QED) is 0.616. The second kappa shape index (κ2) is 7.07. The number of para-hydroxylation sites is 2. The van der Waals surface area contributed by atoms with E-state index in [0.29, 0.717) is 5.52 Å². The summed E-state index contributed by atoms with van der Waals surface area (Å²) in [5.41, 5.74) is 0.713. The number of rotatable bonds is 5. The lowest BCUT2D eigenvalue weighted by molar-refractivity contribution is 0.0233. The van der Waals surface area contributed by atoms with Gasteiger partial charge in [0, 0.05) is 6.26 Å². The molecule has 6 nitrogen and oxygen atoms in total. The average molecular weight is 394 g/mol. The summed E-state index contributed by atoms with van der Waals surface area (Å²) in [6.07, 6.45) is 0.0190. The van der Waals surface area contributed by atoms with Crippen LogP contribution in [-0.2, 0) is 14.6 Å². The third-order valence-corrected chi connectivity index (χ3v) is 5.11. The van der Waals surface area contributed by atoms with E-state index in [2.05, 4.69) is 4.98 Å². The molecular formula is C18H16F2N2O4S. The van der Waals surface area contributed by atoms with Gasteiger partial charge < -0.3 is 4.74 Å². The molecule has 1 aromatic heterocycles. The number of carbonyl (C=O) groups excluding carboxylic acids is 1. The molecule has 0 N–H and O–H groups in total. The molecule has 0 radical (unpaired) electrons. The number of imidazole rings is 1. The van der Waals surface area contributed by atoms with Gasteiger partial charge in [0.15, 0.2) is 21.8 Å². The zero-order valence-corrected chi connectivity index (χ0v) is 15.3. The average Bonchev–Trinajstić information content (AvgIpc) is 3.01. The van der Waals surface area contributed by atoms with E-state index in [-0.39, 0.29) is 21.8 Å². The van der Waals surface area contributed by atoms with Gasteiger partial charge in [0.2, 0.25) is 0 Å². The van der Waals surface area contributed by atoms with Crippen molar-refractivity contribution in [1.29, 1.82) is 0 Å². The Morgan fingerprint density at radius 2 is 1.74 bits per heavy atom. The minimum atomic E-state index is -3.39. The van der Waals surface area contributed by atoms with Gasteiger partial charge in [0.05, 0.1) is 21.5 Å². The van der Waals surface area contributed by atoms with Gasteiger partial charge in [-0.25, -0.2) is 18.2 Å². The Kier molecular flexibility index (Phi) is 4.97. The minimum absolute atomic E-state index is 0.0617. The number of sulfone groups is 1. The summed E-state index contributed by atoms with van der Waals surface area (Å²) in [6, 6.07) is 11.6. The second-order valence-corrected chi connectivity index (χ2v) is 7.97. The van der Waals surface area contributed by atoms with E-state index in [1.165, 1.54) is 37.3 Å². The van der Waals surface area contributed by atoms with Crippen LogP contribution in [0.3, 0.4) is 0 Å². The summed E-state index contributed by atoms with van der Waals surface area (Å²) in [5.74, 6) is -0.845. The van der Waals surface area contributed by atoms with Crippen LogP contribution in [0, 0.1) is 0 Å². The van der Waals surface area contributed by atoms with Gasteiger partial charge in [-0.2, -0.15) is 8.78 Å². The molecule has 3 rings (SSSR count). The highest BCUT2D eigenvalue weighted by Gasteiger charge is 2.24. The van der Waals surface area contributed by atoms with Crippen LogP contribution >= 0.6 is 0 Å². The fraction of sp³-hybridized carbons (Fsp3) is 0.222. The highest BCUT2D eigenvalue weighted by Crippen LogP contribution is 2.28. The number of carbonyl (C=O) groups is 1. The van der Waals surface area contributed by atoms with Gasteiger partial charge in [-0.3, -0.25) is 4.57 Å². The molecule has 0 aliphatic heterocycles. The molecule has 3 aromatic rings. The Labute approximate surface area is 154 Å². The van der Waals surface area contributed by atoms with E-state index >= 15 is 0 Å². The highest BCUT2D eigenvalue weighted by molar-refractivity contribution is 7.90. The first-order chi connectivity index (χ1) is 12.7. The molecule has 0 saturated carbocycles. The summed E-state index contributed by atoms with van der Waals surface area (Å²) in [6.45, 7) is -1.40. The zero-order valence-electron chi connectivity index (χ0n) is 14.5. The highest BCUT2D eigenvalue weighted by atomic mass is 32.2. The molecule has 27 heavy (non-hydrogen) atoms. The van der Waals surface area contributed by atoms with Crippen molar-refractivity contribution in [3.05, 3.63) is 59.9 Å². The number of aromatic nitrogens is 2. The first-order valence-corrected chi connectivity index (χ1v) is 9.83. The van der Waals surface area contributed by atoms with E-state index in [1.54, 1.807) is 18.2 Å².